The van der Waals surface area contributed by atoms with Crippen LogP contribution in [-0.2, 0) is 4.79 Å². The summed E-state index contributed by atoms with van der Waals surface area (Å²) in [4.78, 5) is 13.3. The molecule has 0 spiro atoms. The molecule has 1 atom stereocenters. The van der Waals surface area contributed by atoms with E-state index in [2.05, 4.69) is 66.4 Å². The molecule has 1 N–H and O–H groups in total. The maximum Gasteiger partial charge on any atom is 0.303 e. The molecular weight excluding hydrogens is 322 g/mol. The van der Waals surface area contributed by atoms with Crippen molar-refractivity contribution in [3.63, 3.8) is 0 Å². The first kappa shape index (κ1) is 18.4. The van der Waals surface area contributed by atoms with Crippen LogP contribution in [0, 0.1) is 12.8 Å². The van der Waals surface area contributed by atoms with Gasteiger partial charge in [0.25, 0.3) is 0 Å². The molecule has 1 aliphatic rings. The first-order valence-electron chi connectivity index (χ1n) is 9.38. The fourth-order valence-corrected chi connectivity index (χ4v) is 3.75. The summed E-state index contributed by atoms with van der Waals surface area (Å²) in [6.45, 7) is 5.03. The van der Waals surface area contributed by atoms with Crippen molar-refractivity contribution in [2.24, 2.45) is 5.92 Å². The van der Waals surface area contributed by atoms with E-state index in [0.717, 1.165) is 32.5 Å². The monoisotopic (exact) mass is 349 g/mol. The van der Waals surface area contributed by atoms with Crippen molar-refractivity contribution >= 4 is 11.5 Å². The van der Waals surface area contributed by atoms with Crippen molar-refractivity contribution in [1.29, 1.82) is 0 Å². The van der Waals surface area contributed by atoms with Gasteiger partial charge in [-0.1, -0.05) is 66.2 Å². The van der Waals surface area contributed by atoms with Gasteiger partial charge in [0, 0.05) is 19.5 Å². The van der Waals surface area contributed by atoms with Gasteiger partial charge < -0.3 is 10.0 Å². The van der Waals surface area contributed by atoms with Gasteiger partial charge in [-0.05, 0) is 48.9 Å². The van der Waals surface area contributed by atoms with Gasteiger partial charge in [0.1, 0.15) is 0 Å². The minimum atomic E-state index is -0.678. The third-order valence-electron chi connectivity index (χ3n) is 5.04. The smallest absolute Gasteiger partial charge is 0.303 e. The predicted molar refractivity (Wildman–Crippen MR) is 106 cm³/mol. The third-order valence-corrected chi connectivity index (χ3v) is 5.04. The van der Waals surface area contributed by atoms with Crippen LogP contribution >= 0.6 is 0 Å². The topological polar surface area (TPSA) is 40.5 Å². The summed E-state index contributed by atoms with van der Waals surface area (Å²) in [7, 11) is 0. The zero-order chi connectivity index (χ0) is 18.4. The van der Waals surface area contributed by atoms with Crippen LogP contribution in [0.4, 0.5) is 0 Å². The number of hydrogen-bond acceptors (Lipinski definition) is 2. The van der Waals surface area contributed by atoms with Gasteiger partial charge in [-0.2, -0.15) is 0 Å². The summed E-state index contributed by atoms with van der Waals surface area (Å²) in [6.07, 6.45) is 4.59. The fraction of sp³-hybridized carbons (Fsp3) is 0.348. The number of hydrogen-bond donors (Lipinski definition) is 1. The Kier molecular flexibility index (Phi) is 6.24. The molecule has 0 aromatic heterocycles. The minimum absolute atomic E-state index is 0.297. The molecule has 1 saturated heterocycles. The van der Waals surface area contributed by atoms with E-state index in [0.29, 0.717) is 12.3 Å². The fourth-order valence-electron chi connectivity index (χ4n) is 3.75. The molecule has 1 unspecified atom stereocenters. The minimum Gasteiger partial charge on any atom is -0.481 e. The molecule has 26 heavy (non-hydrogen) atoms. The standard InChI is InChI=1S/C23H27NO2/c1-18-7-5-10-21(15-18)22(20-8-3-2-4-9-20)11-6-13-24-14-12-19(17-24)16-23(25)26/h2-5,7-11,15,19H,6,12-14,16-17H2,1H3,(H,25,26). The quantitative estimate of drug-likeness (QED) is 0.793. The molecule has 3 nitrogen and oxygen atoms in total. The number of carbonyl (C=O) groups is 1. The number of carboxylic acid groups (broad SMARTS) is 1. The Morgan fingerprint density at radius 3 is 2.65 bits per heavy atom. The molecule has 0 amide bonds. The molecular formula is C23H27NO2. The Morgan fingerprint density at radius 1 is 1.15 bits per heavy atom. The average Bonchev–Trinajstić information content (AvgIpc) is 3.06. The molecule has 136 valence electrons. The number of aryl methyl sites for hydroxylation is 1. The van der Waals surface area contributed by atoms with Crippen molar-refractivity contribution in [3.8, 4) is 0 Å². The van der Waals surface area contributed by atoms with E-state index >= 15 is 0 Å². The summed E-state index contributed by atoms with van der Waals surface area (Å²) in [5.41, 5.74) is 5.03. The molecule has 2 aromatic carbocycles. The number of rotatable bonds is 7. The lowest BCUT2D eigenvalue weighted by Crippen LogP contribution is -2.22. The molecule has 0 radical (unpaired) electrons. The van der Waals surface area contributed by atoms with Crippen molar-refractivity contribution in [3.05, 3.63) is 77.4 Å². The van der Waals surface area contributed by atoms with Crippen LogP contribution in [0.25, 0.3) is 5.57 Å². The second-order valence-electron chi connectivity index (χ2n) is 7.20. The molecule has 1 fully saturated rings. The maximum atomic E-state index is 10.9. The van der Waals surface area contributed by atoms with Gasteiger partial charge in [-0.3, -0.25) is 4.79 Å². The highest BCUT2D eigenvalue weighted by molar-refractivity contribution is 5.79. The highest BCUT2D eigenvalue weighted by atomic mass is 16.4. The summed E-state index contributed by atoms with van der Waals surface area (Å²) in [5.74, 6) is -0.371. The van der Waals surface area contributed by atoms with Crippen LogP contribution < -0.4 is 0 Å². The molecule has 1 heterocycles. The van der Waals surface area contributed by atoms with E-state index in [4.69, 9.17) is 5.11 Å². The molecule has 3 rings (SSSR count). The van der Waals surface area contributed by atoms with E-state index in [-0.39, 0.29) is 0 Å². The second kappa shape index (κ2) is 8.81. The van der Waals surface area contributed by atoms with Crippen LogP contribution in [0.1, 0.15) is 36.0 Å². The van der Waals surface area contributed by atoms with Crippen molar-refractivity contribution in [1.82, 2.24) is 4.90 Å². The Morgan fingerprint density at radius 2 is 1.92 bits per heavy atom. The molecule has 3 heteroatoms. The van der Waals surface area contributed by atoms with Gasteiger partial charge in [0.05, 0.1) is 0 Å². The van der Waals surface area contributed by atoms with E-state index in [1.165, 1.54) is 22.3 Å². The van der Waals surface area contributed by atoms with Crippen LogP contribution in [0.5, 0.6) is 0 Å². The Bertz CT molecular complexity index is 767. The lowest BCUT2D eigenvalue weighted by Gasteiger charge is -2.15. The lowest BCUT2D eigenvalue weighted by molar-refractivity contribution is -0.138. The van der Waals surface area contributed by atoms with Crippen molar-refractivity contribution < 1.29 is 9.90 Å². The van der Waals surface area contributed by atoms with Crippen molar-refractivity contribution in [2.45, 2.75) is 26.2 Å². The summed E-state index contributed by atoms with van der Waals surface area (Å²) < 4.78 is 0. The summed E-state index contributed by atoms with van der Waals surface area (Å²) in [5, 5.41) is 8.96. The van der Waals surface area contributed by atoms with E-state index in [9.17, 15) is 4.79 Å². The first-order valence-corrected chi connectivity index (χ1v) is 9.38. The zero-order valence-corrected chi connectivity index (χ0v) is 15.4. The number of likely N-dealkylation sites (tertiary alicyclic amines) is 1. The molecule has 0 aliphatic carbocycles. The second-order valence-corrected chi connectivity index (χ2v) is 7.20. The largest absolute Gasteiger partial charge is 0.481 e. The number of nitrogens with zero attached hydrogens (tertiary/aromatic N) is 1. The van der Waals surface area contributed by atoms with Crippen molar-refractivity contribution in [2.75, 3.05) is 19.6 Å². The molecule has 2 aromatic rings. The number of benzene rings is 2. The zero-order valence-electron chi connectivity index (χ0n) is 15.4. The van der Waals surface area contributed by atoms with Gasteiger partial charge in [-0.25, -0.2) is 0 Å². The van der Waals surface area contributed by atoms with Crippen LogP contribution in [-0.4, -0.2) is 35.6 Å². The van der Waals surface area contributed by atoms with E-state index < -0.39 is 5.97 Å². The van der Waals surface area contributed by atoms with Gasteiger partial charge >= 0.3 is 5.97 Å². The van der Waals surface area contributed by atoms with Crippen LogP contribution in [0.2, 0.25) is 0 Å². The van der Waals surface area contributed by atoms with Crippen LogP contribution in [0.15, 0.2) is 60.7 Å². The normalized spacial score (nSPS) is 18.2. The molecule has 1 aliphatic heterocycles. The highest BCUT2D eigenvalue weighted by Crippen LogP contribution is 2.25. The first-order chi connectivity index (χ1) is 12.6. The average molecular weight is 349 g/mol. The lowest BCUT2D eigenvalue weighted by atomic mass is 9.96. The third kappa shape index (κ3) is 5.06. The van der Waals surface area contributed by atoms with Gasteiger partial charge in [-0.15, -0.1) is 0 Å². The molecule has 0 saturated carbocycles. The summed E-state index contributed by atoms with van der Waals surface area (Å²) in [6, 6.07) is 19.2. The highest BCUT2D eigenvalue weighted by Gasteiger charge is 2.23. The van der Waals surface area contributed by atoms with E-state index in [1.54, 1.807) is 0 Å². The van der Waals surface area contributed by atoms with E-state index in [1.807, 2.05) is 6.07 Å². The Balaban J connectivity index is 1.69. The van der Waals surface area contributed by atoms with Gasteiger partial charge in [0.2, 0.25) is 0 Å². The predicted octanol–water partition coefficient (Wildman–Crippen LogP) is 4.61. The van der Waals surface area contributed by atoms with Gasteiger partial charge in [0.15, 0.2) is 0 Å². The summed E-state index contributed by atoms with van der Waals surface area (Å²) >= 11 is 0. The Hall–Kier alpha value is -2.39. The number of carboxylic acids is 1. The SMILES string of the molecule is Cc1cccc(C(=CCCN2CCC(CC(=O)O)C2)c2ccccc2)c1. The Labute approximate surface area is 156 Å². The number of aliphatic carboxylic acids is 1. The molecule has 0 bridgehead atoms. The van der Waals surface area contributed by atoms with Crippen LogP contribution in [0.3, 0.4) is 0 Å². The maximum absolute atomic E-state index is 10.9.